The van der Waals surface area contributed by atoms with E-state index in [0.29, 0.717) is 5.56 Å². The lowest BCUT2D eigenvalue weighted by atomic mass is 9.80. The summed E-state index contributed by atoms with van der Waals surface area (Å²) in [6.07, 6.45) is 5.56. The number of amides is 2. The average molecular weight is 343 g/mol. The first kappa shape index (κ1) is 17.9. The Kier molecular flexibility index (Phi) is 5.42. The predicted molar refractivity (Wildman–Crippen MR) is 98.4 cm³/mol. The molecule has 2 atom stereocenters. The Bertz CT molecular complexity index is 619. The van der Waals surface area contributed by atoms with Crippen molar-refractivity contribution in [2.45, 2.75) is 50.6 Å². The maximum absolute atomic E-state index is 12.8. The average Bonchev–Trinajstić information content (AvgIpc) is 2.78. The van der Waals surface area contributed by atoms with Crippen molar-refractivity contribution in [1.82, 2.24) is 15.1 Å². The lowest BCUT2D eigenvalue weighted by Crippen LogP contribution is -2.63. The van der Waals surface area contributed by atoms with E-state index in [4.69, 9.17) is 0 Å². The number of likely N-dealkylation sites (tertiary alicyclic amines) is 2. The molecule has 2 aliphatic rings. The summed E-state index contributed by atoms with van der Waals surface area (Å²) < 4.78 is 0. The number of nitrogens with one attached hydrogen (secondary N) is 1. The number of rotatable bonds is 3. The second-order valence-corrected chi connectivity index (χ2v) is 7.53. The summed E-state index contributed by atoms with van der Waals surface area (Å²) in [6.45, 7) is 4.27. The molecule has 0 unspecified atom stereocenters. The van der Waals surface area contributed by atoms with E-state index in [1.165, 1.54) is 6.42 Å². The van der Waals surface area contributed by atoms with Crippen molar-refractivity contribution in [2.75, 3.05) is 26.7 Å². The Morgan fingerprint density at radius 1 is 1.16 bits per heavy atom. The van der Waals surface area contributed by atoms with Gasteiger partial charge in [-0.25, -0.2) is 0 Å². The van der Waals surface area contributed by atoms with Crippen molar-refractivity contribution in [3.8, 4) is 0 Å². The molecular formula is C20H29N3O2. The summed E-state index contributed by atoms with van der Waals surface area (Å²) in [5, 5.41) is 2.79. The molecule has 1 aromatic carbocycles. The fourth-order valence-electron chi connectivity index (χ4n) is 4.37. The molecule has 0 saturated carbocycles. The molecule has 1 aromatic rings. The number of hydrogen-bond donors (Lipinski definition) is 1. The van der Waals surface area contributed by atoms with Crippen molar-refractivity contribution in [3.63, 3.8) is 0 Å². The lowest BCUT2D eigenvalue weighted by molar-refractivity contribution is -0.139. The molecule has 25 heavy (non-hydrogen) atoms. The topological polar surface area (TPSA) is 52.6 Å². The molecule has 3 rings (SSSR count). The highest BCUT2D eigenvalue weighted by Gasteiger charge is 2.45. The summed E-state index contributed by atoms with van der Waals surface area (Å²) in [4.78, 5) is 29.5. The zero-order valence-electron chi connectivity index (χ0n) is 15.3. The van der Waals surface area contributed by atoms with Crippen LogP contribution >= 0.6 is 0 Å². The number of nitrogens with zero attached hydrogens (tertiary/aromatic N) is 2. The van der Waals surface area contributed by atoms with Crippen molar-refractivity contribution in [3.05, 3.63) is 35.9 Å². The van der Waals surface area contributed by atoms with E-state index < -0.39 is 0 Å². The first-order chi connectivity index (χ1) is 12.0. The normalized spacial score (nSPS) is 27.3. The molecule has 2 heterocycles. The number of benzene rings is 1. The van der Waals surface area contributed by atoms with E-state index in [9.17, 15) is 9.59 Å². The van der Waals surface area contributed by atoms with Gasteiger partial charge in [-0.3, -0.25) is 14.5 Å². The molecule has 0 bridgehead atoms. The molecule has 2 aliphatic heterocycles. The molecule has 0 aliphatic carbocycles. The fraction of sp³-hybridized carbons (Fsp3) is 0.600. The van der Waals surface area contributed by atoms with Gasteiger partial charge in [-0.2, -0.15) is 0 Å². The van der Waals surface area contributed by atoms with Crippen LogP contribution in [0.2, 0.25) is 0 Å². The van der Waals surface area contributed by atoms with E-state index in [1.54, 1.807) is 12.1 Å². The molecule has 2 saturated heterocycles. The van der Waals surface area contributed by atoms with Crippen molar-refractivity contribution in [2.24, 2.45) is 0 Å². The van der Waals surface area contributed by atoms with E-state index in [1.807, 2.05) is 23.1 Å². The number of likely N-dealkylation sites (N-methyl/N-ethyl adjacent to an activating group) is 1. The molecular weight excluding hydrogens is 314 g/mol. The van der Waals surface area contributed by atoms with Gasteiger partial charge in [-0.15, -0.1) is 0 Å². The highest BCUT2D eigenvalue weighted by molar-refractivity contribution is 5.96. The van der Waals surface area contributed by atoms with Gasteiger partial charge in [0.1, 0.15) is 0 Å². The Labute approximate surface area is 150 Å². The molecule has 0 radical (unpaired) electrons. The number of piperidine rings is 1. The molecule has 0 aromatic heterocycles. The van der Waals surface area contributed by atoms with Crippen LogP contribution in [0.1, 0.15) is 49.4 Å². The lowest BCUT2D eigenvalue weighted by Gasteiger charge is -2.51. The van der Waals surface area contributed by atoms with Gasteiger partial charge in [0.2, 0.25) is 5.91 Å². The van der Waals surface area contributed by atoms with Gasteiger partial charge in [0.15, 0.2) is 0 Å². The number of carbonyl (C=O) groups excluding carboxylic acids is 2. The minimum Gasteiger partial charge on any atom is -0.343 e. The standard InChI is InChI=1S/C20H29N3O2/c1-20-12-8-14-23(17(20)11-6-7-13-22(20)2)18(24)15-21-19(25)16-9-4-3-5-10-16/h3-5,9-10,17H,6-8,11-15H2,1-2H3,(H,21,25)/t17-,20-/m0/s1. The zero-order chi connectivity index (χ0) is 17.9. The molecule has 1 N–H and O–H groups in total. The SMILES string of the molecule is CN1CCCC[C@@H]2N(C(=O)CNC(=O)c3ccccc3)CCC[C@@]21C. The van der Waals surface area contributed by atoms with Crippen LogP contribution in [0.5, 0.6) is 0 Å². The van der Waals surface area contributed by atoms with Gasteiger partial charge in [0.05, 0.1) is 6.54 Å². The van der Waals surface area contributed by atoms with Crippen LogP contribution < -0.4 is 5.32 Å². The molecule has 0 spiro atoms. The monoisotopic (exact) mass is 343 g/mol. The van der Waals surface area contributed by atoms with E-state index in [2.05, 4.69) is 24.2 Å². The summed E-state index contributed by atoms with van der Waals surface area (Å²) in [6, 6.07) is 9.30. The van der Waals surface area contributed by atoms with Gasteiger partial charge < -0.3 is 10.2 Å². The second kappa shape index (κ2) is 7.56. The van der Waals surface area contributed by atoms with E-state index >= 15 is 0 Å². The van der Waals surface area contributed by atoms with Crippen LogP contribution in [0, 0.1) is 0 Å². The smallest absolute Gasteiger partial charge is 0.251 e. The summed E-state index contributed by atoms with van der Waals surface area (Å²) in [5.41, 5.74) is 0.640. The predicted octanol–water partition coefficient (Wildman–Crippen LogP) is 2.28. The maximum atomic E-state index is 12.8. The van der Waals surface area contributed by atoms with Crippen molar-refractivity contribution < 1.29 is 9.59 Å². The summed E-state index contributed by atoms with van der Waals surface area (Å²) in [7, 11) is 2.18. The van der Waals surface area contributed by atoms with Gasteiger partial charge in [-0.1, -0.05) is 24.6 Å². The third kappa shape index (κ3) is 3.71. The Balaban J connectivity index is 1.65. The molecule has 5 heteroatoms. The van der Waals surface area contributed by atoms with Gasteiger partial charge in [0, 0.05) is 23.7 Å². The highest BCUT2D eigenvalue weighted by Crippen LogP contribution is 2.37. The van der Waals surface area contributed by atoms with Crippen molar-refractivity contribution in [1.29, 1.82) is 0 Å². The Hall–Kier alpha value is -1.88. The van der Waals surface area contributed by atoms with Crippen LogP contribution in [0.3, 0.4) is 0 Å². The summed E-state index contributed by atoms with van der Waals surface area (Å²) >= 11 is 0. The largest absolute Gasteiger partial charge is 0.343 e. The van der Waals surface area contributed by atoms with E-state index in [0.717, 1.165) is 38.8 Å². The Morgan fingerprint density at radius 2 is 1.92 bits per heavy atom. The summed E-state index contributed by atoms with van der Waals surface area (Å²) in [5.74, 6) is -0.151. The van der Waals surface area contributed by atoms with Crippen LogP contribution in [-0.2, 0) is 4.79 Å². The zero-order valence-corrected chi connectivity index (χ0v) is 15.3. The molecule has 5 nitrogen and oxygen atoms in total. The fourth-order valence-corrected chi connectivity index (χ4v) is 4.37. The first-order valence-corrected chi connectivity index (χ1v) is 9.36. The number of hydrogen-bond acceptors (Lipinski definition) is 3. The molecule has 2 amide bonds. The minimum atomic E-state index is -0.188. The van der Waals surface area contributed by atoms with Gasteiger partial charge in [-0.05, 0) is 58.3 Å². The first-order valence-electron chi connectivity index (χ1n) is 9.36. The molecule has 2 fully saturated rings. The van der Waals surface area contributed by atoms with Gasteiger partial charge in [0.25, 0.3) is 5.91 Å². The van der Waals surface area contributed by atoms with Crippen LogP contribution in [0.4, 0.5) is 0 Å². The third-order valence-corrected chi connectivity index (χ3v) is 6.03. The quantitative estimate of drug-likeness (QED) is 0.916. The van der Waals surface area contributed by atoms with Crippen LogP contribution in [0.25, 0.3) is 0 Å². The third-order valence-electron chi connectivity index (χ3n) is 6.03. The van der Waals surface area contributed by atoms with E-state index in [-0.39, 0.29) is 29.9 Å². The second-order valence-electron chi connectivity index (χ2n) is 7.53. The molecule has 136 valence electrons. The van der Waals surface area contributed by atoms with Crippen LogP contribution in [0.15, 0.2) is 30.3 Å². The number of fused-ring (bicyclic) bond motifs is 1. The number of carbonyl (C=O) groups is 2. The van der Waals surface area contributed by atoms with Crippen LogP contribution in [-0.4, -0.2) is 59.9 Å². The highest BCUT2D eigenvalue weighted by atomic mass is 16.2. The van der Waals surface area contributed by atoms with Gasteiger partial charge >= 0.3 is 0 Å². The Morgan fingerprint density at radius 3 is 2.68 bits per heavy atom. The van der Waals surface area contributed by atoms with Crippen molar-refractivity contribution >= 4 is 11.8 Å². The minimum absolute atomic E-state index is 0.0375. The maximum Gasteiger partial charge on any atom is 0.251 e.